The summed E-state index contributed by atoms with van der Waals surface area (Å²) in [6.45, 7) is -0.132. The second-order valence-corrected chi connectivity index (χ2v) is 5.38. The molecule has 0 atom stereocenters. The number of anilines is 1. The maximum absolute atomic E-state index is 13.2. The molecule has 0 saturated heterocycles. The van der Waals surface area contributed by atoms with Crippen molar-refractivity contribution >= 4 is 23.0 Å². The zero-order valence-corrected chi connectivity index (χ0v) is 13.8. The lowest BCUT2D eigenvalue weighted by Gasteiger charge is -2.21. The molecule has 0 aromatic heterocycles. The second kappa shape index (κ2) is 8.39. The highest BCUT2D eigenvalue weighted by Crippen LogP contribution is 2.22. The Labute approximate surface area is 149 Å². The fourth-order valence-corrected chi connectivity index (χ4v) is 2.32. The number of benzene rings is 2. The second-order valence-electron chi connectivity index (χ2n) is 5.38. The largest absolute Gasteiger partial charge is 0.364 e. The molecule has 0 saturated carbocycles. The van der Waals surface area contributed by atoms with Crippen LogP contribution in [-0.2, 0) is 4.79 Å². The molecule has 0 bridgehead atoms. The summed E-state index contributed by atoms with van der Waals surface area (Å²) in [6, 6.07) is 13.1. The van der Waals surface area contributed by atoms with Gasteiger partial charge in [0, 0.05) is 36.5 Å². The molecule has 2 aromatic carbocycles. The van der Waals surface area contributed by atoms with Gasteiger partial charge in [-0.25, -0.2) is 4.39 Å². The number of carbonyl (C=O) groups excluding carboxylic acids is 1. The number of nitriles is 1. The summed E-state index contributed by atoms with van der Waals surface area (Å²) < 4.78 is 13.2. The summed E-state index contributed by atoms with van der Waals surface area (Å²) in [5.41, 5.74) is 0.973. The number of nitro benzene ring substituents is 1. The van der Waals surface area contributed by atoms with Crippen molar-refractivity contribution in [1.82, 2.24) is 4.90 Å². The van der Waals surface area contributed by atoms with Crippen LogP contribution < -0.4 is 5.32 Å². The molecule has 1 N–H and O–H groups in total. The van der Waals surface area contributed by atoms with E-state index < -0.39 is 16.6 Å². The highest BCUT2D eigenvalue weighted by molar-refractivity contribution is 5.93. The number of nitrogens with zero attached hydrogens (tertiary/aromatic N) is 3. The summed E-state index contributed by atoms with van der Waals surface area (Å²) in [4.78, 5) is 24.0. The lowest BCUT2D eigenvalue weighted by atomic mass is 10.1. The third-order valence-electron chi connectivity index (χ3n) is 3.45. The molecule has 2 aromatic rings. The van der Waals surface area contributed by atoms with E-state index in [0.717, 1.165) is 0 Å². The molecule has 0 aliphatic rings. The molecule has 0 spiro atoms. The average molecular weight is 354 g/mol. The molecule has 7 nitrogen and oxygen atoms in total. The van der Waals surface area contributed by atoms with Crippen molar-refractivity contribution in [2.24, 2.45) is 0 Å². The summed E-state index contributed by atoms with van der Waals surface area (Å²) in [6.07, 6.45) is 1.20. The number of likely N-dealkylation sites (N-methyl/N-ethyl adjacent to an activating group) is 1. The van der Waals surface area contributed by atoms with Gasteiger partial charge in [-0.15, -0.1) is 0 Å². The predicted octanol–water partition coefficient (Wildman–Crippen LogP) is 3.17. The molecule has 1 amide bonds. The van der Waals surface area contributed by atoms with Gasteiger partial charge in [0.25, 0.3) is 5.69 Å². The zero-order valence-electron chi connectivity index (χ0n) is 13.8. The molecule has 26 heavy (non-hydrogen) atoms. The number of carbonyl (C=O) groups is 1. The minimum Gasteiger partial charge on any atom is -0.364 e. The van der Waals surface area contributed by atoms with E-state index in [2.05, 4.69) is 5.32 Å². The van der Waals surface area contributed by atoms with Gasteiger partial charge in [-0.2, -0.15) is 5.26 Å². The Bertz CT molecular complexity index is 905. The third kappa shape index (κ3) is 4.88. The van der Waals surface area contributed by atoms with E-state index >= 15 is 0 Å². The first-order valence-corrected chi connectivity index (χ1v) is 7.52. The fraction of sp³-hybridized carbons (Fsp3) is 0.111. The van der Waals surface area contributed by atoms with E-state index in [1.165, 1.54) is 47.4 Å². The molecule has 0 aliphatic heterocycles. The van der Waals surface area contributed by atoms with Gasteiger partial charge in [-0.1, -0.05) is 18.2 Å². The Hall–Kier alpha value is -3.73. The van der Waals surface area contributed by atoms with Gasteiger partial charge in [-0.05, 0) is 18.2 Å². The molecule has 2 rings (SSSR count). The fourth-order valence-electron chi connectivity index (χ4n) is 2.32. The number of nitro groups is 1. The van der Waals surface area contributed by atoms with Gasteiger partial charge in [0.2, 0.25) is 5.91 Å². The van der Waals surface area contributed by atoms with Crippen molar-refractivity contribution in [3.05, 3.63) is 76.1 Å². The van der Waals surface area contributed by atoms with Crippen LogP contribution in [0, 0.1) is 27.3 Å². The standard InChI is InChI=1S/C18H15FN4O3/c1-22(12-18(24)21-15-6-3-5-14(19)11-15)17(8-9-20)13-4-2-7-16(10-13)23(25)26/h2-8,10-11H,12H2,1H3,(H,21,24)/b17-8+. The Morgan fingerprint density at radius 2 is 2.08 bits per heavy atom. The van der Waals surface area contributed by atoms with Gasteiger partial charge < -0.3 is 10.2 Å². The number of amides is 1. The van der Waals surface area contributed by atoms with Gasteiger partial charge in [0.1, 0.15) is 5.82 Å². The molecule has 132 valence electrons. The average Bonchev–Trinajstić information content (AvgIpc) is 2.59. The van der Waals surface area contributed by atoms with E-state index in [0.29, 0.717) is 16.9 Å². The Morgan fingerprint density at radius 1 is 1.35 bits per heavy atom. The lowest BCUT2D eigenvalue weighted by molar-refractivity contribution is -0.384. The number of rotatable bonds is 6. The van der Waals surface area contributed by atoms with Crippen molar-refractivity contribution in [1.29, 1.82) is 5.26 Å². The quantitative estimate of drug-likeness (QED) is 0.488. The first-order valence-electron chi connectivity index (χ1n) is 7.52. The lowest BCUT2D eigenvalue weighted by Crippen LogP contribution is -2.29. The molecule has 8 heteroatoms. The highest BCUT2D eigenvalue weighted by atomic mass is 19.1. The molecule has 0 unspecified atom stereocenters. The van der Waals surface area contributed by atoms with E-state index in [-0.39, 0.29) is 12.2 Å². The number of hydrogen-bond donors (Lipinski definition) is 1. The topological polar surface area (TPSA) is 99.3 Å². The Kier molecular flexibility index (Phi) is 6.01. The monoisotopic (exact) mass is 354 g/mol. The third-order valence-corrected chi connectivity index (χ3v) is 3.45. The number of hydrogen-bond acceptors (Lipinski definition) is 5. The predicted molar refractivity (Wildman–Crippen MR) is 94.3 cm³/mol. The van der Waals surface area contributed by atoms with E-state index in [1.54, 1.807) is 19.2 Å². The van der Waals surface area contributed by atoms with E-state index in [9.17, 15) is 19.3 Å². The molecular formula is C18H15FN4O3. The number of nitrogens with one attached hydrogen (secondary N) is 1. The van der Waals surface area contributed by atoms with Crippen molar-refractivity contribution in [3.63, 3.8) is 0 Å². The van der Waals surface area contributed by atoms with Crippen molar-refractivity contribution in [2.75, 3.05) is 18.9 Å². The van der Waals surface area contributed by atoms with E-state index in [4.69, 9.17) is 5.26 Å². The molecule has 0 aliphatic carbocycles. The van der Waals surface area contributed by atoms with Crippen LogP contribution in [-0.4, -0.2) is 29.3 Å². The van der Waals surface area contributed by atoms with Crippen molar-refractivity contribution in [3.8, 4) is 6.07 Å². The van der Waals surface area contributed by atoms with Crippen LogP contribution in [0.5, 0.6) is 0 Å². The maximum Gasteiger partial charge on any atom is 0.270 e. The number of allylic oxidation sites excluding steroid dienone is 1. The van der Waals surface area contributed by atoms with Crippen LogP contribution in [0.4, 0.5) is 15.8 Å². The first-order chi connectivity index (χ1) is 12.4. The van der Waals surface area contributed by atoms with Crippen molar-refractivity contribution in [2.45, 2.75) is 0 Å². The summed E-state index contributed by atoms with van der Waals surface area (Å²) in [5.74, 6) is -0.898. The summed E-state index contributed by atoms with van der Waals surface area (Å²) >= 11 is 0. The van der Waals surface area contributed by atoms with Crippen LogP contribution in [0.25, 0.3) is 5.70 Å². The maximum atomic E-state index is 13.2. The number of non-ortho nitro benzene ring substituents is 1. The summed E-state index contributed by atoms with van der Waals surface area (Å²) in [5, 5.41) is 22.5. The van der Waals surface area contributed by atoms with Crippen LogP contribution in [0.2, 0.25) is 0 Å². The minimum atomic E-state index is -0.538. The first kappa shape index (κ1) is 18.6. The minimum absolute atomic E-state index is 0.121. The Balaban J connectivity index is 2.16. The smallest absolute Gasteiger partial charge is 0.270 e. The van der Waals surface area contributed by atoms with Gasteiger partial charge in [0.15, 0.2) is 0 Å². The van der Waals surface area contributed by atoms with Crippen LogP contribution >= 0.6 is 0 Å². The number of halogens is 1. The SMILES string of the molecule is CN(CC(=O)Nc1cccc(F)c1)/C(=C/C#N)c1cccc([N+](=O)[O-])c1. The molecule has 0 radical (unpaired) electrons. The van der Waals surface area contributed by atoms with Crippen LogP contribution in [0.15, 0.2) is 54.6 Å². The molecule has 0 fully saturated rings. The van der Waals surface area contributed by atoms with Crippen LogP contribution in [0.3, 0.4) is 0 Å². The normalized spacial score (nSPS) is 10.7. The zero-order chi connectivity index (χ0) is 19.1. The van der Waals surface area contributed by atoms with Crippen molar-refractivity contribution < 1.29 is 14.1 Å². The van der Waals surface area contributed by atoms with Crippen LogP contribution in [0.1, 0.15) is 5.56 Å². The Morgan fingerprint density at radius 3 is 2.73 bits per heavy atom. The van der Waals surface area contributed by atoms with Gasteiger partial charge >= 0.3 is 0 Å². The highest BCUT2D eigenvalue weighted by Gasteiger charge is 2.15. The molecule has 0 heterocycles. The summed E-state index contributed by atoms with van der Waals surface area (Å²) in [7, 11) is 1.58. The van der Waals surface area contributed by atoms with Gasteiger partial charge in [-0.3, -0.25) is 14.9 Å². The van der Waals surface area contributed by atoms with E-state index in [1.807, 2.05) is 6.07 Å². The molecular weight excluding hydrogens is 339 g/mol. The van der Waals surface area contributed by atoms with Gasteiger partial charge in [0.05, 0.1) is 23.2 Å².